The molecule has 1 atom stereocenters. The molecule has 102 valence electrons. The minimum absolute atomic E-state index is 0.455. The molecule has 2 aromatic rings. The first kappa shape index (κ1) is 12.8. The van der Waals surface area contributed by atoms with Crippen molar-refractivity contribution >= 4 is 5.91 Å². The summed E-state index contributed by atoms with van der Waals surface area (Å²) in [7, 11) is 0. The van der Waals surface area contributed by atoms with Gasteiger partial charge in [0, 0.05) is 18.0 Å². The number of benzene rings is 1. The van der Waals surface area contributed by atoms with E-state index in [1.807, 2.05) is 24.5 Å². The standard InChI is InChI=1S/C16H16N2O2/c19-16(18-20)15-4-3-13-9-12(1-2-14(13)10-15)11-5-7-17-8-6-11/h3-8,10,12,20H,1-2,9H2,(H,18,19). The van der Waals surface area contributed by atoms with Gasteiger partial charge in [0.15, 0.2) is 0 Å². The van der Waals surface area contributed by atoms with Crippen LogP contribution in [0.5, 0.6) is 0 Å². The second-order valence-corrected chi connectivity index (χ2v) is 5.14. The Morgan fingerprint density at radius 2 is 2.00 bits per heavy atom. The van der Waals surface area contributed by atoms with Crippen molar-refractivity contribution in [1.29, 1.82) is 0 Å². The first-order valence-corrected chi connectivity index (χ1v) is 6.74. The van der Waals surface area contributed by atoms with Crippen LogP contribution in [-0.2, 0) is 12.8 Å². The van der Waals surface area contributed by atoms with Gasteiger partial charge in [0.2, 0.25) is 0 Å². The number of amides is 1. The number of pyridine rings is 1. The number of nitrogens with zero attached hydrogens (tertiary/aromatic N) is 1. The molecule has 1 unspecified atom stereocenters. The maximum atomic E-state index is 11.4. The predicted molar refractivity (Wildman–Crippen MR) is 74.7 cm³/mol. The van der Waals surface area contributed by atoms with E-state index in [0.29, 0.717) is 11.5 Å². The predicted octanol–water partition coefficient (Wildman–Crippen LogP) is 2.47. The third-order valence-corrected chi connectivity index (χ3v) is 3.98. The van der Waals surface area contributed by atoms with Gasteiger partial charge in [-0.25, -0.2) is 5.48 Å². The van der Waals surface area contributed by atoms with Crippen molar-refractivity contribution in [1.82, 2.24) is 10.5 Å². The van der Waals surface area contributed by atoms with E-state index in [2.05, 4.69) is 17.1 Å². The summed E-state index contributed by atoms with van der Waals surface area (Å²) in [5.41, 5.74) is 6.00. The van der Waals surface area contributed by atoms with Crippen molar-refractivity contribution in [2.24, 2.45) is 0 Å². The Hall–Kier alpha value is -2.20. The van der Waals surface area contributed by atoms with Crippen LogP contribution in [0.25, 0.3) is 0 Å². The van der Waals surface area contributed by atoms with Gasteiger partial charge in [-0.05, 0) is 66.1 Å². The van der Waals surface area contributed by atoms with E-state index in [9.17, 15) is 4.79 Å². The number of aryl methyl sites for hydroxylation is 1. The number of aromatic nitrogens is 1. The second-order valence-electron chi connectivity index (χ2n) is 5.14. The van der Waals surface area contributed by atoms with Gasteiger partial charge < -0.3 is 0 Å². The van der Waals surface area contributed by atoms with Crippen molar-refractivity contribution in [3.8, 4) is 0 Å². The molecule has 20 heavy (non-hydrogen) atoms. The summed E-state index contributed by atoms with van der Waals surface area (Å²) in [6.45, 7) is 0. The zero-order valence-electron chi connectivity index (χ0n) is 11.0. The molecule has 1 heterocycles. The van der Waals surface area contributed by atoms with Crippen LogP contribution in [0.15, 0.2) is 42.7 Å². The number of rotatable bonds is 2. The van der Waals surface area contributed by atoms with Crippen LogP contribution < -0.4 is 5.48 Å². The maximum Gasteiger partial charge on any atom is 0.274 e. The fourth-order valence-electron chi connectivity index (χ4n) is 2.88. The van der Waals surface area contributed by atoms with E-state index < -0.39 is 5.91 Å². The van der Waals surface area contributed by atoms with E-state index in [-0.39, 0.29) is 0 Å². The van der Waals surface area contributed by atoms with Crippen LogP contribution in [0.3, 0.4) is 0 Å². The van der Waals surface area contributed by atoms with E-state index in [0.717, 1.165) is 19.3 Å². The quantitative estimate of drug-likeness (QED) is 0.649. The fourth-order valence-corrected chi connectivity index (χ4v) is 2.88. The summed E-state index contributed by atoms with van der Waals surface area (Å²) < 4.78 is 0. The van der Waals surface area contributed by atoms with Gasteiger partial charge >= 0.3 is 0 Å². The maximum absolute atomic E-state index is 11.4. The lowest BCUT2D eigenvalue weighted by Gasteiger charge is -2.25. The zero-order chi connectivity index (χ0) is 13.9. The molecular weight excluding hydrogens is 252 g/mol. The van der Waals surface area contributed by atoms with Crippen LogP contribution in [0.4, 0.5) is 0 Å². The molecule has 1 aromatic heterocycles. The summed E-state index contributed by atoms with van der Waals surface area (Å²) in [6, 6.07) is 9.78. The van der Waals surface area contributed by atoms with Gasteiger partial charge in [0.25, 0.3) is 5.91 Å². The minimum atomic E-state index is -0.455. The lowest BCUT2D eigenvalue weighted by Crippen LogP contribution is -2.20. The Balaban J connectivity index is 1.84. The van der Waals surface area contributed by atoms with E-state index >= 15 is 0 Å². The lowest BCUT2D eigenvalue weighted by molar-refractivity contribution is 0.0706. The highest BCUT2D eigenvalue weighted by Gasteiger charge is 2.21. The Kier molecular flexibility index (Phi) is 3.48. The first-order chi connectivity index (χ1) is 9.78. The minimum Gasteiger partial charge on any atom is -0.288 e. The lowest BCUT2D eigenvalue weighted by atomic mass is 9.80. The Morgan fingerprint density at radius 1 is 1.20 bits per heavy atom. The zero-order valence-corrected chi connectivity index (χ0v) is 11.0. The smallest absolute Gasteiger partial charge is 0.274 e. The highest BCUT2D eigenvalue weighted by molar-refractivity contribution is 5.93. The van der Waals surface area contributed by atoms with Crippen LogP contribution in [0.2, 0.25) is 0 Å². The molecule has 0 fully saturated rings. The SMILES string of the molecule is O=C(NO)c1ccc2c(c1)CCC(c1ccncc1)C2. The fraction of sp³-hybridized carbons (Fsp3) is 0.250. The number of carbonyl (C=O) groups excluding carboxylic acids is 1. The number of hydrogen-bond acceptors (Lipinski definition) is 3. The molecule has 4 heteroatoms. The molecule has 1 amide bonds. The number of fused-ring (bicyclic) bond motifs is 1. The van der Waals surface area contributed by atoms with Crippen molar-refractivity contribution in [3.05, 3.63) is 65.0 Å². The highest BCUT2D eigenvalue weighted by atomic mass is 16.5. The summed E-state index contributed by atoms with van der Waals surface area (Å²) >= 11 is 0. The summed E-state index contributed by atoms with van der Waals surface area (Å²) in [6.07, 6.45) is 6.68. The highest BCUT2D eigenvalue weighted by Crippen LogP contribution is 2.32. The van der Waals surface area contributed by atoms with Gasteiger partial charge in [0.05, 0.1) is 0 Å². The summed E-state index contributed by atoms with van der Waals surface area (Å²) in [5, 5.41) is 8.68. The molecule has 1 aliphatic carbocycles. The van der Waals surface area contributed by atoms with Gasteiger partial charge in [-0.3, -0.25) is 15.0 Å². The third kappa shape index (κ3) is 2.42. The topological polar surface area (TPSA) is 62.2 Å². The average molecular weight is 268 g/mol. The van der Waals surface area contributed by atoms with Crippen LogP contribution in [0, 0.1) is 0 Å². The second kappa shape index (κ2) is 5.43. The number of carbonyl (C=O) groups is 1. The molecule has 0 radical (unpaired) electrons. The Labute approximate surface area is 117 Å². The summed E-state index contributed by atoms with van der Waals surface area (Å²) in [5.74, 6) is 0.0621. The van der Waals surface area contributed by atoms with E-state index in [4.69, 9.17) is 5.21 Å². The molecule has 4 nitrogen and oxygen atoms in total. The molecular formula is C16H16N2O2. The monoisotopic (exact) mass is 268 g/mol. The summed E-state index contributed by atoms with van der Waals surface area (Å²) in [4.78, 5) is 15.5. The third-order valence-electron chi connectivity index (χ3n) is 3.98. The van der Waals surface area contributed by atoms with Gasteiger partial charge in [0.1, 0.15) is 0 Å². The molecule has 0 saturated carbocycles. The van der Waals surface area contributed by atoms with Crippen LogP contribution in [-0.4, -0.2) is 16.1 Å². The average Bonchev–Trinajstić information content (AvgIpc) is 2.54. The number of nitrogens with one attached hydrogen (secondary N) is 1. The molecule has 1 aromatic carbocycles. The van der Waals surface area contributed by atoms with Gasteiger partial charge in [-0.15, -0.1) is 0 Å². The van der Waals surface area contributed by atoms with E-state index in [1.54, 1.807) is 11.5 Å². The normalized spacial score (nSPS) is 17.4. The molecule has 0 bridgehead atoms. The molecule has 1 aliphatic rings. The Bertz CT molecular complexity index is 626. The van der Waals surface area contributed by atoms with Gasteiger partial charge in [-0.2, -0.15) is 0 Å². The first-order valence-electron chi connectivity index (χ1n) is 6.74. The van der Waals surface area contributed by atoms with Crippen LogP contribution >= 0.6 is 0 Å². The van der Waals surface area contributed by atoms with Crippen molar-refractivity contribution in [2.75, 3.05) is 0 Å². The largest absolute Gasteiger partial charge is 0.288 e. The molecule has 3 rings (SSSR count). The molecule has 0 aliphatic heterocycles. The number of hydrogen-bond donors (Lipinski definition) is 2. The number of hydroxylamine groups is 1. The van der Waals surface area contributed by atoms with E-state index in [1.165, 1.54) is 16.7 Å². The van der Waals surface area contributed by atoms with Crippen molar-refractivity contribution in [3.63, 3.8) is 0 Å². The molecule has 2 N–H and O–H groups in total. The van der Waals surface area contributed by atoms with Gasteiger partial charge in [-0.1, -0.05) is 6.07 Å². The Morgan fingerprint density at radius 3 is 2.75 bits per heavy atom. The molecule has 0 saturated heterocycles. The molecule has 0 spiro atoms. The van der Waals surface area contributed by atoms with Crippen molar-refractivity contribution < 1.29 is 10.0 Å². The van der Waals surface area contributed by atoms with Crippen molar-refractivity contribution in [2.45, 2.75) is 25.2 Å². The van der Waals surface area contributed by atoms with Crippen LogP contribution in [0.1, 0.15) is 39.4 Å².